The Morgan fingerprint density at radius 1 is 1.00 bits per heavy atom. The third-order valence-corrected chi connectivity index (χ3v) is 8.81. The molecule has 1 saturated heterocycles. The van der Waals surface area contributed by atoms with Gasteiger partial charge in [-0.2, -0.15) is 0 Å². The van der Waals surface area contributed by atoms with Gasteiger partial charge in [0.05, 0.1) is 31.1 Å². The van der Waals surface area contributed by atoms with Crippen LogP contribution in [0.3, 0.4) is 0 Å². The molecule has 2 aliphatic heterocycles. The summed E-state index contributed by atoms with van der Waals surface area (Å²) in [6.45, 7) is 4.64. The lowest BCUT2D eigenvalue weighted by atomic mass is 9.85. The summed E-state index contributed by atoms with van der Waals surface area (Å²) in [5.41, 5.74) is 0.442. The molecule has 10 heteroatoms. The fourth-order valence-electron chi connectivity index (χ4n) is 6.07. The maximum absolute atomic E-state index is 10.9. The second-order valence-electron chi connectivity index (χ2n) is 12.5. The summed E-state index contributed by atoms with van der Waals surface area (Å²) in [7, 11) is 1.67. The van der Waals surface area contributed by atoms with E-state index in [-0.39, 0.29) is 30.4 Å². The Labute approximate surface area is 226 Å². The van der Waals surface area contributed by atoms with Crippen LogP contribution < -0.4 is 0 Å². The van der Waals surface area contributed by atoms with E-state index in [2.05, 4.69) is 18.8 Å². The van der Waals surface area contributed by atoms with Crippen LogP contribution >= 0.6 is 0 Å². The molecule has 4 aliphatic rings. The number of aliphatic hydroxyl groups excluding tert-OH is 5. The number of nitrogens with zero attached hydrogens (tertiary/aromatic N) is 2. The Morgan fingerprint density at radius 2 is 1.74 bits per heavy atom. The van der Waals surface area contributed by atoms with E-state index >= 15 is 0 Å². The molecule has 0 aromatic rings. The van der Waals surface area contributed by atoms with Gasteiger partial charge < -0.3 is 44.6 Å². The van der Waals surface area contributed by atoms with Crippen molar-refractivity contribution in [2.75, 3.05) is 20.3 Å². The van der Waals surface area contributed by atoms with E-state index in [1.54, 1.807) is 11.9 Å². The Morgan fingerprint density at radius 3 is 2.45 bits per heavy atom. The van der Waals surface area contributed by atoms with Crippen molar-refractivity contribution in [3.63, 3.8) is 0 Å². The van der Waals surface area contributed by atoms with Crippen molar-refractivity contribution < 1.29 is 39.7 Å². The number of hydrogen-bond acceptors (Lipinski definition) is 10. The molecule has 0 aromatic carbocycles. The van der Waals surface area contributed by atoms with Gasteiger partial charge in [0.15, 0.2) is 5.79 Å². The second kappa shape index (κ2) is 12.6. The minimum atomic E-state index is -1.44. The van der Waals surface area contributed by atoms with Crippen molar-refractivity contribution in [3.05, 3.63) is 11.9 Å². The molecule has 0 amide bonds. The Bertz CT molecular complexity index is 832. The minimum absolute atomic E-state index is 0.0507. The molecule has 3 fully saturated rings. The highest BCUT2D eigenvalue weighted by Crippen LogP contribution is 2.43. The molecular formula is C28H48N2O8. The molecule has 38 heavy (non-hydrogen) atoms. The van der Waals surface area contributed by atoms with Crippen molar-refractivity contribution in [1.82, 2.24) is 4.90 Å². The van der Waals surface area contributed by atoms with Gasteiger partial charge in [-0.25, -0.2) is 0 Å². The van der Waals surface area contributed by atoms with Crippen LogP contribution in [0.4, 0.5) is 0 Å². The summed E-state index contributed by atoms with van der Waals surface area (Å²) < 4.78 is 18.0. The van der Waals surface area contributed by atoms with Crippen molar-refractivity contribution in [2.24, 2.45) is 10.4 Å². The summed E-state index contributed by atoms with van der Waals surface area (Å²) in [4.78, 5) is 5.88. The van der Waals surface area contributed by atoms with Crippen LogP contribution in [0.5, 0.6) is 0 Å². The quantitative estimate of drug-likeness (QED) is 0.294. The van der Waals surface area contributed by atoms with Gasteiger partial charge in [0.25, 0.3) is 0 Å². The number of ether oxygens (including phenoxy) is 3. The Hall–Kier alpha value is -1.11. The van der Waals surface area contributed by atoms with Gasteiger partial charge in [0, 0.05) is 32.3 Å². The van der Waals surface area contributed by atoms with Crippen LogP contribution in [-0.2, 0) is 14.2 Å². The normalized spacial score (nSPS) is 34.4. The Kier molecular flexibility index (Phi) is 9.90. The first-order chi connectivity index (χ1) is 18.0. The minimum Gasteiger partial charge on any atom is -0.388 e. The molecular weight excluding hydrogens is 492 g/mol. The van der Waals surface area contributed by atoms with Gasteiger partial charge in [-0.05, 0) is 37.5 Å². The van der Waals surface area contributed by atoms with E-state index < -0.39 is 48.5 Å². The maximum atomic E-state index is 10.9. The van der Waals surface area contributed by atoms with Gasteiger partial charge >= 0.3 is 0 Å². The predicted octanol–water partition coefficient (Wildman–Crippen LogP) is 1.47. The molecule has 4 rings (SSSR count). The topological polar surface area (TPSA) is 144 Å². The molecule has 0 bridgehead atoms. The Balaban J connectivity index is 1.29. The maximum Gasteiger partial charge on any atom is 0.169 e. The monoisotopic (exact) mass is 540 g/mol. The highest BCUT2D eigenvalue weighted by Gasteiger charge is 2.47. The molecule has 2 aliphatic carbocycles. The van der Waals surface area contributed by atoms with E-state index in [0.29, 0.717) is 0 Å². The summed E-state index contributed by atoms with van der Waals surface area (Å²) in [5, 5.41) is 53.5. The van der Waals surface area contributed by atoms with Crippen molar-refractivity contribution in [2.45, 2.75) is 133 Å². The lowest BCUT2D eigenvalue weighted by molar-refractivity contribution is -0.191. The van der Waals surface area contributed by atoms with Gasteiger partial charge in [-0.1, -0.05) is 33.1 Å². The van der Waals surface area contributed by atoms with E-state index in [1.807, 2.05) is 0 Å². The fraction of sp³-hybridized carbons (Fsp3) is 0.893. The largest absolute Gasteiger partial charge is 0.388 e. The number of hydrogen-bond donors (Lipinski definition) is 5. The van der Waals surface area contributed by atoms with Gasteiger partial charge in [-0.3, -0.25) is 4.99 Å². The molecule has 2 saturated carbocycles. The van der Waals surface area contributed by atoms with Crippen LogP contribution in [0, 0.1) is 5.41 Å². The van der Waals surface area contributed by atoms with E-state index in [1.165, 1.54) is 18.8 Å². The van der Waals surface area contributed by atoms with E-state index in [9.17, 15) is 25.5 Å². The summed E-state index contributed by atoms with van der Waals surface area (Å²) >= 11 is 0. The van der Waals surface area contributed by atoms with E-state index in [0.717, 1.165) is 57.8 Å². The third kappa shape index (κ3) is 7.14. The SMILES string of the molecule is CN1C=C(C(O)C(O)C2COC3(CCCC(C)(C)CC3)O2)N=CC1C(O)C(O)C(O)COC1CCCCC1. The van der Waals surface area contributed by atoms with Crippen LogP contribution in [0.15, 0.2) is 16.9 Å². The number of aliphatic imine (C=N–C) groups is 1. The molecule has 0 radical (unpaired) electrons. The zero-order valence-electron chi connectivity index (χ0n) is 23.1. The molecule has 2 heterocycles. The lowest BCUT2D eigenvalue weighted by Gasteiger charge is -2.36. The van der Waals surface area contributed by atoms with Gasteiger partial charge in [-0.15, -0.1) is 0 Å². The smallest absolute Gasteiger partial charge is 0.169 e. The van der Waals surface area contributed by atoms with Crippen LogP contribution in [0.25, 0.3) is 0 Å². The fourth-order valence-corrected chi connectivity index (χ4v) is 6.07. The van der Waals surface area contributed by atoms with E-state index in [4.69, 9.17) is 14.2 Å². The summed E-state index contributed by atoms with van der Waals surface area (Å²) in [6.07, 6.45) is 5.61. The van der Waals surface area contributed by atoms with Crippen molar-refractivity contribution in [1.29, 1.82) is 0 Å². The number of rotatable bonds is 9. The zero-order valence-corrected chi connectivity index (χ0v) is 23.1. The third-order valence-electron chi connectivity index (χ3n) is 8.81. The first kappa shape index (κ1) is 29.9. The molecule has 1 spiro atoms. The first-order valence-corrected chi connectivity index (χ1v) is 14.3. The first-order valence-electron chi connectivity index (χ1n) is 14.3. The lowest BCUT2D eigenvalue weighted by Crippen LogP contribution is -2.53. The molecule has 218 valence electrons. The predicted molar refractivity (Wildman–Crippen MR) is 141 cm³/mol. The van der Waals surface area contributed by atoms with Crippen LogP contribution in [0.2, 0.25) is 0 Å². The molecule has 8 atom stereocenters. The standard InChI is InChI=1S/C28H48N2O8/c1-27(2)10-7-11-28(13-12-27)37-17-22(38-28)26(35)23(32)19-15-30(3)20(14-29-19)24(33)25(34)21(31)16-36-18-8-5-4-6-9-18/h14-15,18,20-26,31-35H,4-13,16-17H2,1-3H3. The summed E-state index contributed by atoms with van der Waals surface area (Å²) in [5.74, 6) is -0.715. The van der Waals surface area contributed by atoms with Crippen LogP contribution in [0.1, 0.15) is 78.1 Å². The average Bonchev–Trinajstić information content (AvgIpc) is 3.27. The average molecular weight is 541 g/mol. The van der Waals surface area contributed by atoms with Gasteiger partial charge in [0.1, 0.15) is 36.6 Å². The highest BCUT2D eigenvalue weighted by atomic mass is 16.7. The van der Waals surface area contributed by atoms with Crippen molar-refractivity contribution >= 4 is 6.21 Å². The molecule has 0 aromatic heterocycles. The summed E-state index contributed by atoms with van der Waals surface area (Å²) in [6, 6.07) is -0.730. The zero-order chi connectivity index (χ0) is 27.5. The van der Waals surface area contributed by atoms with Crippen molar-refractivity contribution in [3.8, 4) is 0 Å². The second-order valence-corrected chi connectivity index (χ2v) is 12.5. The number of likely N-dealkylation sites (N-methyl/N-ethyl adjacent to an activating group) is 1. The highest BCUT2D eigenvalue weighted by molar-refractivity contribution is 5.68. The number of aliphatic hydroxyl groups is 5. The van der Waals surface area contributed by atoms with Crippen LogP contribution in [-0.4, -0.2) is 111 Å². The molecule has 10 nitrogen and oxygen atoms in total. The molecule has 5 N–H and O–H groups in total. The van der Waals surface area contributed by atoms with Gasteiger partial charge in [0.2, 0.25) is 0 Å². The molecule has 8 unspecified atom stereocenters.